The van der Waals surface area contributed by atoms with E-state index in [1.165, 1.54) is 16.7 Å². The number of benzene rings is 2. The van der Waals surface area contributed by atoms with Gasteiger partial charge >= 0.3 is 0 Å². The predicted molar refractivity (Wildman–Crippen MR) is 105 cm³/mol. The van der Waals surface area contributed by atoms with Crippen LogP contribution < -0.4 is 5.32 Å². The second-order valence-corrected chi connectivity index (χ2v) is 7.43. The maximum Gasteiger partial charge on any atom is 0.230 e. The Kier molecular flexibility index (Phi) is 7.19. The molecular formula is C20H24ClNOS. The van der Waals surface area contributed by atoms with Gasteiger partial charge in [-0.1, -0.05) is 54.4 Å². The Balaban J connectivity index is 1.88. The number of carbonyl (C=O) groups is 1. The first kappa shape index (κ1) is 18.9. The lowest BCUT2D eigenvalue weighted by Gasteiger charge is -2.20. The molecular weight excluding hydrogens is 338 g/mol. The van der Waals surface area contributed by atoms with Gasteiger partial charge in [0.25, 0.3) is 0 Å². The highest BCUT2D eigenvalue weighted by atomic mass is 35.5. The van der Waals surface area contributed by atoms with Crippen molar-refractivity contribution in [3.8, 4) is 0 Å². The van der Waals surface area contributed by atoms with E-state index in [4.69, 9.17) is 11.6 Å². The summed E-state index contributed by atoms with van der Waals surface area (Å²) in [5, 5.41) is 3.89. The van der Waals surface area contributed by atoms with Gasteiger partial charge < -0.3 is 5.32 Å². The van der Waals surface area contributed by atoms with Crippen molar-refractivity contribution in [2.75, 3.05) is 5.75 Å². The Morgan fingerprint density at radius 1 is 1.21 bits per heavy atom. The van der Waals surface area contributed by atoms with Crippen molar-refractivity contribution in [2.24, 2.45) is 0 Å². The molecule has 4 heteroatoms. The van der Waals surface area contributed by atoms with Gasteiger partial charge in [0.05, 0.1) is 11.8 Å². The number of carbonyl (C=O) groups excluding carboxylic acids is 1. The SMILES string of the molecule is CC[C@@H](NC(=O)CSCc1cccc(Cl)c1)c1ccc(C)cc1C. The van der Waals surface area contributed by atoms with Crippen LogP contribution in [0.1, 0.15) is 41.6 Å². The van der Waals surface area contributed by atoms with Gasteiger partial charge in [-0.25, -0.2) is 0 Å². The van der Waals surface area contributed by atoms with E-state index in [-0.39, 0.29) is 11.9 Å². The maximum atomic E-state index is 12.3. The zero-order valence-corrected chi connectivity index (χ0v) is 16.0. The molecule has 1 N–H and O–H groups in total. The molecule has 0 saturated heterocycles. The molecule has 2 aromatic carbocycles. The first-order valence-electron chi connectivity index (χ1n) is 8.18. The van der Waals surface area contributed by atoms with Crippen LogP contribution in [0.5, 0.6) is 0 Å². The lowest BCUT2D eigenvalue weighted by Crippen LogP contribution is -2.30. The van der Waals surface area contributed by atoms with Gasteiger partial charge in [0.1, 0.15) is 0 Å². The predicted octanol–water partition coefficient (Wildman–Crippen LogP) is 5.46. The Labute approximate surface area is 154 Å². The number of amides is 1. The molecule has 0 radical (unpaired) electrons. The smallest absolute Gasteiger partial charge is 0.230 e. The molecule has 0 aliphatic rings. The van der Waals surface area contributed by atoms with Crippen LogP contribution in [-0.2, 0) is 10.5 Å². The second-order valence-electron chi connectivity index (χ2n) is 6.01. The van der Waals surface area contributed by atoms with Crippen LogP contribution in [0, 0.1) is 13.8 Å². The standard InChI is InChI=1S/C20H24ClNOS/c1-4-19(18-9-8-14(2)10-15(18)3)22-20(23)13-24-12-16-6-5-7-17(21)11-16/h5-11,19H,4,12-13H2,1-3H3,(H,22,23)/t19-/m1/s1. The molecule has 0 bridgehead atoms. The number of halogens is 1. The number of hydrogen-bond acceptors (Lipinski definition) is 2. The van der Waals surface area contributed by atoms with Crippen LogP contribution in [0.15, 0.2) is 42.5 Å². The van der Waals surface area contributed by atoms with E-state index in [1.807, 2.05) is 24.3 Å². The molecule has 1 atom stereocenters. The second kappa shape index (κ2) is 9.14. The highest BCUT2D eigenvalue weighted by Gasteiger charge is 2.14. The largest absolute Gasteiger partial charge is 0.349 e. The quantitative estimate of drug-likeness (QED) is 0.709. The van der Waals surface area contributed by atoms with Gasteiger partial charge in [0.2, 0.25) is 5.91 Å². The van der Waals surface area contributed by atoms with Crippen molar-refractivity contribution in [1.82, 2.24) is 5.32 Å². The van der Waals surface area contributed by atoms with Crippen LogP contribution in [-0.4, -0.2) is 11.7 Å². The summed E-state index contributed by atoms with van der Waals surface area (Å²) in [6.45, 7) is 6.29. The van der Waals surface area contributed by atoms with Crippen molar-refractivity contribution in [3.63, 3.8) is 0 Å². The zero-order chi connectivity index (χ0) is 17.5. The molecule has 1 amide bonds. The number of thioether (sulfide) groups is 1. The van der Waals surface area contributed by atoms with Gasteiger partial charge in [-0.15, -0.1) is 11.8 Å². The average Bonchev–Trinajstić information content (AvgIpc) is 2.53. The van der Waals surface area contributed by atoms with Crippen molar-refractivity contribution in [2.45, 2.75) is 39.0 Å². The van der Waals surface area contributed by atoms with Crippen molar-refractivity contribution in [3.05, 3.63) is 69.7 Å². The Morgan fingerprint density at radius 2 is 2.00 bits per heavy atom. The normalized spacial score (nSPS) is 12.0. The van der Waals surface area contributed by atoms with Crippen LogP contribution in [0.2, 0.25) is 5.02 Å². The van der Waals surface area contributed by atoms with E-state index in [2.05, 4.69) is 44.3 Å². The van der Waals surface area contributed by atoms with E-state index < -0.39 is 0 Å². The fourth-order valence-electron chi connectivity index (χ4n) is 2.74. The summed E-state index contributed by atoms with van der Waals surface area (Å²) < 4.78 is 0. The number of rotatable bonds is 7. The van der Waals surface area contributed by atoms with Gasteiger partial charge in [-0.2, -0.15) is 0 Å². The summed E-state index contributed by atoms with van der Waals surface area (Å²) in [5.41, 5.74) is 4.82. The minimum atomic E-state index is 0.0740. The van der Waals surface area contributed by atoms with Gasteiger partial charge in [-0.05, 0) is 49.1 Å². The van der Waals surface area contributed by atoms with E-state index in [1.54, 1.807) is 11.8 Å². The van der Waals surface area contributed by atoms with Gasteiger partial charge in [-0.3, -0.25) is 4.79 Å². The molecule has 0 aliphatic carbocycles. The molecule has 0 saturated carbocycles. The molecule has 0 heterocycles. The molecule has 24 heavy (non-hydrogen) atoms. The Hall–Kier alpha value is -1.45. The third-order valence-corrected chi connectivity index (χ3v) is 5.17. The Morgan fingerprint density at radius 3 is 2.67 bits per heavy atom. The number of nitrogens with one attached hydrogen (secondary N) is 1. The fourth-order valence-corrected chi connectivity index (χ4v) is 3.74. The number of aryl methyl sites for hydroxylation is 2. The molecule has 2 nitrogen and oxygen atoms in total. The topological polar surface area (TPSA) is 29.1 Å². The average molecular weight is 362 g/mol. The first-order valence-corrected chi connectivity index (χ1v) is 9.71. The van der Waals surface area contributed by atoms with E-state index in [0.29, 0.717) is 5.75 Å². The monoisotopic (exact) mass is 361 g/mol. The molecule has 128 valence electrons. The summed E-state index contributed by atoms with van der Waals surface area (Å²) in [4.78, 5) is 12.3. The van der Waals surface area contributed by atoms with Crippen molar-refractivity contribution in [1.29, 1.82) is 0 Å². The van der Waals surface area contributed by atoms with Crippen molar-refractivity contribution < 1.29 is 4.79 Å². The van der Waals surface area contributed by atoms with Crippen molar-refractivity contribution >= 4 is 29.3 Å². The minimum absolute atomic E-state index is 0.0740. The first-order chi connectivity index (χ1) is 11.5. The molecule has 0 fully saturated rings. The summed E-state index contributed by atoms with van der Waals surface area (Å²) in [7, 11) is 0. The van der Waals surface area contributed by atoms with Gasteiger partial charge in [0, 0.05) is 10.8 Å². The maximum absolute atomic E-state index is 12.3. The lowest BCUT2D eigenvalue weighted by molar-refractivity contribution is -0.119. The Bertz CT molecular complexity index is 702. The highest BCUT2D eigenvalue weighted by Crippen LogP contribution is 2.22. The van der Waals surface area contributed by atoms with Crippen LogP contribution in [0.3, 0.4) is 0 Å². The van der Waals surface area contributed by atoms with Crippen LogP contribution in [0.4, 0.5) is 0 Å². The molecule has 0 unspecified atom stereocenters. The molecule has 2 aromatic rings. The van der Waals surface area contributed by atoms with E-state index in [9.17, 15) is 4.79 Å². The molecule has 0 aliphatic heterocycles. The van der Waals surface area contributed by atoms with Crippen LogP contribution in [0.25, 0.3) is 0 Å². The lowest BCUT2D eigenvalue weighted by atomic mass is 9.97. The molecule has 0 aromatic heterocycles. The summed E-state index contributed by atoms with van der Waals surface area (Å²) in [6, 6.07) is 14.2. The third kappa shape index (κ3) is 5.57. The fraction of sp³-hybridized carbons (Fsp3) is 0.350. The van der Waals surface area contributed by atoms with Crippen LogP contribution >= 0.6 is 23.4 Å². The zero-order valence-electron chi connectivity index (χ0n) is 14.4. The summed E-state index contributed by atoms with van der Waals surface area (Å²) in [5.74, 6) is 1.32. The summed E-state index contributed by atoms with van der Waals surface area (Å²) >= 11 is 7.59. The minimum Gasteiger partial charge on any atom is -0.349 e. The van der Waals surface area contributed by atoms with E-state index >= 15 is 0 Å². The highest BCUT2D eigenvalue weighted by molar-refractivity contribution is 7.99. The number of hydrogen-bond donors (Lipinski definition) is 1. The van der Waals surface area contributed by atoms with E-state index in [0.717, 1.165) is 22.8 Å². The molecule has 0 spiro atoms. The summed E-state index contributed by atoms with van der Waals surface area (Å²) in [6.07, 6.45) is 0.884. The third-order valence-electron chi connectivity index (χ3n) is 3.94. The molecule has 2 rings (SSSR count). The van der Waals surface area contributed by atoms with Gasteiger partial charge in [0.15, 0.2) is 0 Å².